The summed E-state index contributed by atoms with van der Waals surface area (Å²) >= 11 is 0. The van der Waals surface area contributed by atoms with E-state index >= 15 is 0 Å². The Morgan fingerprint density at radius 1 is 1.47 bits per heavy atom. The molecule has 0 bridgehead atoms. The van der Waals surface area contributed by atoms with Crippen LogP contribution in [-0.2, 0) is 0 Å². The standard InChI is InChI=1S/C12H22O3/c1-3-4-5-10-9(2)6-12(15,8-13)7-11(10)14/h5,9,11,13-15H,3-4,6-8H2,1-2H3/t9-,11-,12+/m1/s1. The normalized spacial score (nSPS) is 39.7. The van der Waals surface area contributed by atoms with Crippen LogP contribution in [0.5, 0.6) is 0 Å². The number of aliphatic hydroxyl groups excluding tert-OH is 2. The molecule has 1 aliphatic rings. The molecule has 0 spiro atoms. The van der Waals surface area contributed by atoms with Crippen LogP contribution >= 0.6 is 0 Å². The van der Waals surface area contributed by atoms with E-state index in [2.05, 4.69) is 13.0 Å². The highest BCUT2D eigenvalue weighted by atomic mass is 16.3. The fourth-order valence-electron chi connectivity index (χ4n) is 2.35. The number of aliphatic hydroxyl groups is 3. The van der Waals surface area contributed by atoms with Crippen LogP contribution in [0.15, 0.2) is 11.6 Å². The Morgan fingerprint density at radius 2 is 2.13 bits per heavy atom. The van der Waals surface area contributed by atoms with Crippen molar-refractivity contribution in [2.45, 2.75) is 51.2 Å². The molecule has 0 saturated heterocycles. The Hall–Kier alpha value is -0.380. The average Bonchev–Trinajstić information content (AvgIpc) is 2.16. The molecule has 0 radical (unpaired) electrons. The maximum absolute atomic E-state index is 9.93. The van der Waals surface area contributed by atoms with Crippen molar-refractivity contribution in [1.29, 1.82) is 0 Å². The van der Waals surface area contributed by atoms with Crippen molar-refractivity contribution in [3.05, 3.63) is 11.6 Å². The van der Waals surface area contributed by atoms with E-state index in [-0.39, 0.29) is 18.9 Å². The van der Waals surface area contributed by atoms with Crippen LogP contribution in [-0.4, -0.2) is 33.6 Å². The van der Waals surface area contributed by atoms with E-state index in [0.29, 0.717) is 6.42 Å². The third-order valence-corrected chi connectivity index (χ3v) is 3.18. The SMILES string of the molecule is CCCC=C1[C@H](C)C[C@@](O)(CO)C[C@H]1O. The van der Waals surface area contributed by atoms with Gasteiger partial charge in [0.05, 0.1) is 18.3 Å². The third kappa shape index (κ3) is 3.03. The molecule has 1 fully saturated rings. The lowest BCUT2D eigenvalue weighted by Crippen LogP contribution is -2.44. The van der Waals surface area contributed by atoms with Gasteiger partial charge in [0.25, 0.3) is 0 Å². The first-order valence-corrected chi connectivity index (χ1v) is 5.73. The molecular weight excluding hydrogens is 192 g/mol. The molecule has 3 N–H and O–H groups in total. The Balaban J connectivity index is 2.72. The summed E-state index contributed by atoms with van der Waals surface area (Å²) in [5, 5.41) is 28.9. The van der Waals surface area contributed by atoms with Gasteiger partial charge in [-0.3, -0.25) is 0 Å². The van der Waals surface area contributed by atoms with Gasteiger partial charge in [-0.05, 0) is 24.3 Å². The van der Waals surface area contributed by atoms with Gasteiger partial charge in [0, 0.05) is 6.42 Å². The molecule has 3 heteroatoms. The summed E-state index contributed by atoms with van der Waals surface area (Å²) in [7, 11) is 0. The molecular formula is C12H22O3. The van der Waals surface area contributed by atoms with Gasteiger partial charge in [0.1, 0.15) is 0 Å². The van der Waals surface area contributed by atoms with Crippen LogP contribution < -0.4 is 0 Å². The van der Waals surface area contributed by atoms with Crippen LogP contribution in [0.2, 0.25) is 0 Å². The first-order chi connectivity index (χ1) is 7.02. The second kappa shape index (κ2) is 5.10. The van der Waals surface area contributed by atoms with Crippen molar-refractivity contribution >= 4 is 0 Å². The zero-order valence-corrected chi connectivity index (χ0v) is 9.61. The van der Waals surface area contributed by atoms with Crippen LogP contribution in [0.1, 0.15) is 39.5 Å². The summed E-state index contributed by atoms with van der Waals surface area (Å²) in [6.07, 6.45) is 4.30. The second-order valence-electron chi connectivity index (χ2n) is 4.70. The van der Waals surface area contributed by atoms with Gasteiger partial charge in [0.2, 0.25) is 0 Å². The highest BCUT2D eigenvalue weighted by Crippen LogP contribution is 2.36. The highest BCUT2D eigenvalue weighted by Gasteiger charge is 2.39. The minimum absolute atomic E-state index is 0.150. The lowest BCUT2D eigenvalue weighted by molar-refractivity contribution is -0.0732. The largest absolute Gasteiger partial charge is 0.393 e. The van der Waals surface area contributed by atoms with Gasteiger partial charge in [-0.1, -0.05) is 26.3 Å². The highest BCUT2D eigenvalue weighted by molar-refractivity contribution is 5.17. The summed E-state index contributed by atoms with van der Waals surface area (Å²) in [4.78, 5) is 0. The molecule has 1 aliphatic carbocycles. The summed E-state index contributed by atoms with van der Waals surface area (Å²) < 4.78 is 0. The summed E-state index contributed by atoms with van der Waals surface area (Å²) in [5.74, 6) is 0.150. The fourth-order valence-corrected chi connectivity index (χ4v) is 2.35. The van der Waals surface area contributed by atoms with Gasteiger partial charge < -0.3 is 15.3 Å². The first kappa shape index (κ1) is 12.7. The van der Waals surface area contributed by atoms with Crippen molar-refractivity contribution in [3.8, 4) is 0 Å². The van der Waals surface area contributed by atoms with Gasteiger partial charge in [-0.2, -0.15) is 0 Å². The van der Waals surface area contributed by atoms with Gasteiger partial charge in [-0.15, -0.1) is 0 Å². The van der Waals surface area contributed by atoms with E-state index in [1.54, 1.807) is 0 Å². The molecule has 0 aliphatic heterocycles. The van der Waals surface area contributed by atoms with Crippen molar-refractivity contribution in [2.24, 2.45) is 5.92 Å². The molecule has 0 unspecified atom stereocenters. The predicted octanol–water partition coefficient (Wildman–Crippen LogP) is 1.23. The maximum atomic E-state index is 9.93. The molecule has 3 atom stereocenters. The van der Waals surface area contributed by atoms with Gasteiger partial charge in [-0.25, -0.2) is 0 Å². The molecule has 0 amide bonds. The van der Waals surface area contributed by atoms with E-state index < -0.39 is 11.7 Å². The van der Waals surface area contributed by atoms with E-state index in [1.165, 1.54) is 0 Å². The van der Waals surface area contributed by atoms with E-state index in [1.807, 2.05) is 6.92 Å². The van der Waals surface area contributed by atoms with Gasteiger partial charge >= 0.3 is 0 Å². The molecule has 0 heterocycles. The van der Waals surface area contributed by atoms with Crippen molar-refractivity contribution < 1.29 is 15.3 Å². The number of rotatable bonds is 3. The smallest absolute Gasteiger partial charge is 0.0910 e. The molecule has 0 aromatic carbocycles. The van der Waals surface area contributed by atoms with Crippen LogP contribution in [0, 0.1) is 5.92 Å². The van der Waals surface area contributed by atoms with E-state index in [4.69, 9.17) is 5.11 Å². The van der Waals surface area contributed by atoms with Crippen molar-refractivity contribution in [2.75, 3.05) is 6.61 Å². The summed E-state index contributed by atoms with van der Waals surface area (Å²) in [6, 6.07) is 0. The van der Waals surface area contributed by atoms with Gasteiger partial charge in [0.15, 0.2) is 0 Å². The second-order valence-corrected chi connectivity index (χ2v) is 4.70. The Labute approximate surface area is 91.4 Å². The lowest BCUT2D eigenvalue weighted by Gasteiger charge is -2.39. The zero-order chi connectivity index (χ0) is 11.5. The molecule has 15 heavy (non-hydrogen) atoms. The molecule has 0 aromatic heterocycles. The fraction of sp³-hybridized carbons (Fsp3) is 0.833. The molecule has 0 aromatic rings. The molecule has 88 valence electrons. The molecule has 1 saturated carbocycles. The van der Waals surface area contributed by atoms with Crippen LogP contribution in [0.25, 0.3) is 0 Å². The molecule has 3 nitrogen and oxygen atoms in total. The average molecular weight is 214 g/mol. The number of hydrogen-bond acceptors (Lipinski definition) is 3. The quantitative estimate of drug-likeness (QED) is 0.619. The number of hydrogen-bond donors (Lipinski definition) is 3. The topological polar surface area (TPSA) is 60.7 Å². The number of allylic oxidation sites excluding steroid dienone is 1. The lowest BCUT2D eigenvalue weighted by atomic mass is 9.74. The Kier molecular flexibility index (Phi) is 4.32. The van der Waals surface area contributed by atoms with Crippen molar-refractivity contribution in [3.63, 3.8) is 0 Å². The summed E-state index contributed by atoms with van der Waals surface area (Å²) in [5.41, 5.74) is -0.0717. The third-order valence-electron chi connectivity index (χ3n) is 3.18. The monoisotopic (exact) mass is 214 g/mol. The van der Waals surface area contributed by atoms with Crippen molar-refractivity contribution in [1.82, 2.24) is 0 Å². The van der Waals surface area contributed by atoms with E-state index in [0.717, 1.165) is 18.4 Å². The minimum atomic E-state index is -1.09. The predicted molar refractivity (Wildman–Crippen MR) is 59.4 cm³/mol. The first-order valence-electron chi connectivity index (χ1n) is 5.73. The Bertz CT molecular complexity index is 221. The van der Waals surface area contributed by atoms with Crippen LogP contribution in [0.4, 0.5) is 0 Å². The number of unbranched alkanes of at least 4 members (excludes halogenated alkanes) is 1. The molecule has 1 rings (SSSR count). The van der Waals surface area contributed by atoms with E-state index in [9.17, 15) is 10.2 Å². The maximum Gasteiger partial charge on any atom is 0.0910 e. The Morgan fingerprint density at radius 3 is 2.60 bits per heavy atom. The van der Waals surface area contributed by atoms with Crippen LogP contribution in [0.3, 0.4) is 0 Å². The summed E-state index contributed by atoms with van der Waals surface area (Å²) in [6.45, 7) is 3.82. The zero-order valence-electron chi connectivity index (χ0n) is 9.61. The minimum Gasteiger partial charge on any atom is -0.393 e.